The zero-order valence-electron chi connectivity index (χ0n) is 9.01. The molecule has 1 aromatic rings. The summed E-state index contributed by atoms with van der Waals surface area (Å²) >= 11 is 2.85. The molecule has 100 valence electrons. The molecule has 0 aliphatic carbocycles. The zero-order valence-corrected chi connectivity index (χ0v) is 10.6. The molecular formula is C11H9BrF4O2. The Bertz CT molecular complexity index is 432. The summed E-state index contributed by atoms with van der Waals surface area (Å²) in [4.78, 5) is 0. The molecule has 2 rings (SSSR count). The maximum atomic E-state index is 13.0. The number of rotatable bonds is 4. The van der Waals surface area contributed by atoms with Crippen LogP contribution in [-0.4, -0.2) is 25.5 Å². The van der Waals surface area contributed by atoms with Gasteiger partial charge in [0.2, 0.25) is 0 Å². The summed E-state index contributed by atoms with van der Waals surface area (Å²) in [6.45, 7) is 0.289. The van der Waals surface area contributed by atoms with Crippen LogP contribution in [0.5, 0.6) is 0 Å². The van der Waals surface area contributed by atoms with Crippen molar-refractivity contribution in [3.8, 4) is 0 Å². The second-order valence-electron chi connectivity index (χ2n) is 3.88. The Labute approximate surface area is 109 Å². The van der Waals surface area contributed by atoms with Gasteiger partial charge in [-0.3, -0.25) is 0 Å². The number of hydrogen-bond acceptors (Lipinski definition) is 2. The van der Waals surface area contributed by atoms with E-state index in [2.05, 4.69) is 15.9 Å². The Kier molecular flexibility index (Phi) is 3.93. The van der Waals surface area contributed by atoms with Crippen molar-refractivity contribution in [3.05, 3.63) is 34.1 Å². The van der Waals surface area contributed by atoms with Crippen LogP contribution in [0.2, 0.25) is 0 Å². The first kappa shape index (κ1) is 13.8. The first-order chi connectivity index (χ1) is 8.38. The van der Waals surface area contributed by atoms with Crippen LogP contribution < -0.4 is 0 Å². The highest BCUT2D eigenvalue weighted by Crippen LogP contribution is 2.37. The van der Waals surface area contributed by atoms with Crippen molar-refractivity contribution in [3.63, 3.8) is 0 Å². The average Bonchev–Trinajstić information content (AvgIpc) is 3.05. The summed E-state index contributed by atoms with van der Waals surface area (Å²) in [6, 6.07) is 3.10. The van der Waals surface area contributed by atoms with Crippen LogP contribution in [0, 0.1) is 5.82 Å². The molecule has 7 heteroatoms. The SMILES string of the molecule is Fc1ccc([C@@H](OC[C@@H]2CO2)C(F)(F)F)cc1Br. The molecule has 1 aliphatic heterocycles. The number of ether oxygens (including phenoxy) is 2. The molecule has 2 nitrogen and oxygen atoms in total. The lowest BCUT2D eigenvalue weighted by Crippen LogP contribution is -2.25. The van der Waals surface area contributed by atoms with Gasteiger partial charge in [0.05, 0.1) is 17.7 Å². The van der Waals surface area contributed by atoms with Gasteiger partial charge >= 0.3 is 6.18 Å². The lowest BCUT2D eigenvalue weighted by atomic mass is 10.1. The Morgan fingerprint density at radius 3 is 2.61 bits per heavy atom. The van der Waals surface area contributed by atoms with E-state index >= 15 is 0 Å². The van der Waals surface area contributed by atoms with Crippen LogP contribution in [0.15, 0.2) is 22.7 Å². The van der Waals surface area contributed by atoms with E-state index in [9.17, 15) is 17.6 Å². The van der Waals surface area contributed by atoms with Gasteiger partial charge in [0.25, 0.3) is 0 Å². The molecule has 1 saturated heterocycles. The second-order valence-corrected chi connectivity index (χ2v) is 4.74. The molecule has 0 amide bonds. The minimum absolute atomic E-state index is 0.0273. The van der Waals surface area contributed by atoms with Gasteiger partial charge in [0.1, 0.15) is 11.9 Å². The number of halogens is 5. The van der Waals surface area contributed by atoms with E-state index in [1.54, 1.807) is 0 Å². The van der Waals surface area contributed by atoms with E-state index in [0.717, 1.165) is 18.2 Å². The van der Waals surface area contributed by atoms with Crippen molar-refractivity contribution in [1.82, 2.24) is 0 Å². The van der Waals surface area contributed by atoms with E-state index in [0.29, 0.717) is 6.61 Å². The highest BCUT2D eigenvalue weighted by molar-refractivity contribution is 9.10. The van der Waals surface area contributed by atoms with Crippen molar-refractivity contribution < 1.29 is 27.0 Å². The molecule has 0 radical (unpaired) electrons. The topological polar surface area (TPSA) is 21.8 Å². The van der Waals surface area contributed by atoms with E-state index in [1.807, 2.05) is 0 Å². The summed E-state index contributed by atoms with van der Waals surface area (Å²) in [7, 11) is 0. The summed E-state index contributed by atoms with van der Waals surface area (Å²) in [5.41, 5.74) is -0.142. The largest absolute Gasteiger partial charge is 0.418 e. The molecule has 1 aromatic carbocycles. The number of alkyl halides is 3. The fourth-order valence-corrected chi connectivity index (χ4v) is 1.82. The normalized spacial score (nSPS) is 20.8. The van der Waals surface area contributed by atoms with Crippen LogP contribution in [-0.2, 0) is 9.47 Å². The van der Waals surface area contributed by atoms with E-state index in [4.69, 9.17) is 9.47 Å². The van der Waals surface area contributed by atoms with Gasteiger partial charge in [-0.2, -0.15) is 13.2 Å². The monoisotopic (exact) mass is 328 g/mol. The molecule has 0 aromatic heterocycles. The predicted molar refractivity (Wildman–Crippen MR) is 58.6 cm³/mol. The highest BCUT2D eigenvalue weighted by atomic mass is 79.9. The van der Waals surface area contributed by atoms with Crippen LogP contribution in [0.25, 0.3) is 0 Å². The summed E-state index contributed by atoms with van der Waals surface area (Å²) in [5, 5.41) is 0. The molecule has 0 N–H and O–H groups in total. The maximum Gasteiger partial charge on any atom is 0.418 e. The first-order valence-corrected chi connectivity index (χ1v) is 5.92. The first-order valence-electron chi connectivity index (χ1n) is 5.13. The van der Waals surface area contributed by atoms with Gasteiger partial charge in [-0.1, -0.05) is 6.07 Å². The average molecular weight is 329 g/mol. The third-order valence-corrected chi connectivity index (χ3v) is 3.00. The standard InChI is InChI=1S/C11H9BrF4O2/c12-8-3-6(1-2-9(8)13)10(11(14,15)16)18-5-7-4-17-7/h1-3,7,10H,4-5H2/t7-,10+/m0/s1. The quantitative estimate of drug-likeness (QED) is 0.622. The fourth-order valence-electron chi connectivity index (χ4n) is 1.42. The Balaban J connectivity index is 2.17. The molecule has 1 aliphatic rings. The van der Waals surface area contributed by atoms with Crippen molar-refractivity contribution >= 4 is 15.9 Å². The third-order valence-electron chi connectivity index (χ3n) is 2.39. The smallest absolute Gasteiger partial charge is 0.371 e. The van der Waals surface area contributed by atoms with Crippen molar-refractivity contribution in [2.75, 3.05) is 13.2 Å². The molecule has 0 saturated carbocycles. The Morgan fingerprint density at radius 1 is 1.44 bits per heavy atom. The maximum absolute atomic E-state index is 13.0. The van der Waals surface area contributed by atoms with Gasteiger partial charge in [-0.25, -0.2) is 4.39 Å². The highest BCUT2D eigenvalue weighted by Gasteiger charge is 2.43. The van der Waals surface area contributed by atoms with Gasteiger partial charge in [0, 0.05) is 0 Å². The van der Waals surface area contributed by atoms with E-state index in [1.165, 1.54) is 0 Å². The van der Waals surface area contributed by atoms with Crippen molar-refractivity contribution in [2.45, 2.75) is 18.4 Å². The molecule has 1 heterocycles. The van der Waals surface area contributed by atoms with E-state index < -0.39 is 18.1 Å². The summed E-state index contributed by atoms with van der Waals surface area (Å²) in [5.74, 6) is -0.620. The van der Waals surface area contributed by atoms with Crippen LogP contribution in [0.1, 0.15) is 11.7 Å². The summed E-state index contributed by atoms with van der Waals surface area (Å²) < 4.78 is 61.1. The van der Waals surface area contributed by atoms with E-state index in [-0.39, 0.29) is 22.7 Å². The number of hydrogen-bond donors (Lipinski definition) is 0. The molecule has 0 unspecified atom stereocenters. The van der Waals surface area contributed by atoms with Crippen molar-refractivity contribution in [1.29, 1.82) is 0 Å². The molecule has 0 bridgehead atoms. The van der Waals surface area contributed by atoms with Crippen LogP contribution >= 0.6 is 15.9 Å². The second kappa shape index (κ2) is 5.14. The van der Waals surface area contributed by atoms with Crippen LogP contribution in [0.3, 0.4) is 0 Å². The van der Waals surface area contributed by atoms with Gasteiger partial charge < -0.3 is 9.47 Å². The summed E-state index contributed by atoms with van der Waals surface area (Å²) in [6.07, 6.45) is -6.89. The molecular weight excluding hydrogens is 320 g/mol. The predicted octanol–water partition coefficient (Wildman–Crippen LogP) is 3.61. The molecule has 2 atom stereocenters. The van der Waals surface area contributed by atoms with Gasteiger partial charge in [-0.15, -0.1) is 0 Å². The number of epoxide rings is 1. The lowest BCUT2D eigenvalue weighted by molar-refractivity contribution is -0.224. The lowest BCUT2D eigenvalue weighted by Gasteiger charge is -2.21. The zero-order chi connectivity index (χ0) is 13.3. The molecule has 1 fully saturated rings. The van der Waals surface area contributed by atoms with Gasteiger partial charge in [-0.05, 0) is 33.6 Å². The third kappa shape index (κ3) is 3.43. The van der Waals surface area contributed by atoms with Crippen LogP contribution in [0.4, 0.5) is 17.6 Å². The fraction of sp³-hybridized carbons (Fsp3) is 0.455. The van der Waals surface area contributed by atoms with Crippen molar-refractivity contribution in [2.24, 2.45) is 0 Å². The Morgan fingerprint density at radius 2 is 2.11 bits per heavy atom. The van der Waals surface area contributed by atoms with Gasteiger partial charge in [0.15, 0.2) is 6.10 Å². The molecule has 18 heavy (non-hydrogen) atoms. The minimum atomic E-state index is -4.55. The molecule has 0 spiro atoms. The number of benzene rings is 1. The minimum Gasteiger partial charge on any atom is -0.371 e. The Hall–Kier alpha value is -0.660.